The second-order valence-electron chi connectivity index (χ2n) is 4.68. The smallest absolute Gasteiger partial charge is 0.255 e. The molecular weight excluding hydrogens is 292 g/mol. The third-order valence-electron chi connectivity index (χ3n) is 3.09. The number of anilines is 1. The Hall–Kier alpha value is -2.84. The summed E-state index contributed by atoms with van der Waals surface area (Å²) in [5.74, 6) is 0.314. The molecule has 0 saturated heterocycles. The maximum atomic E-state index is 12.3. The molecule has 0 saturated carbocycles. The third kappa shape index (κ3) is 4.83. The fourth-order valence-electron chi connectivity index (χ4n) is 1.97. The van der Waals surface area contributed by atoms with Crippen molar-refractivity contribution in [3.8, 4) is 11.8 Å². The van der Waals surface area contributed by atoms with Crippen LogP contribution in [0.15, 0.2) is 48.5 Å². The highest BCUT2D eigenvalue weighted by molar-refractivity contribution is 6.05. The Labute approximate surface area is 135 Å². The van der Waals surface area contributed by atoms with E-state index in [0.29, 0.717) is 42.4 Å². The van der Waals surface area contributed by atoms with E-state index in [2.05, 4.69) is 11.4 Å². The predicted octanol–water partition coefficient (Wildman–Crippen LogP) is 3.23. The Morgan fingerprint density at radius 3 is 2.78 bits per heavy atom. The van der Waals surface area contributed by atoms with E-state index in [9.17, 15) is 4.79 Å². The molecule has 23 heavy (non-hydrogen) atoms. The van der Waals surface area contributed by atoms with E-state index in [0.717, 1.165) is 0 Å². The third-order valence-corrected chi connectivity index (χ3v) is 3.09. The lowest BCUT2D eigenvalue weighted by molar-refractivity contribution is 0.102. The first kappa shape index (κ1) is 16.5. The molecule has 1 N–H and O–H groups in total. The van der Waals surface area contributed by atoms with Crippen LogP contribution in [0.2, 0.25) is 0 Å². The highest BCUT2D eigenvalue weighted by Gasteiger charge is 2.09. The Bertz CT molecular complexity index is 707. The first-order valence-corrected chi connectivity index (χ1v) is 7.35. The van der Waals surface area contributed by atoms with Gasteiger partial charge in [0.1, 0.15) is 18.4 Å². The van der Waals surface area contributed by atoms with E-state index < -0.39 is 0 Å². The number of benzene rings is 2. The van der Waals surface area contributed by atoms with Crippen LogP contribution in [0.5, 0.6) is 5.75 Å². The summed E-state index contributed by atoms with van der Waals surface area (Å²) in [5, 5.41) is 11.8. The number of ether oxygens (including phenoxy) is 2. The quantitative estimate of drug-likeness (QED) is 0.797. The van der Waals surface area contributed by atoms with Gasteiger partial charge in [0, 0.05) is 12.2 Å². The number of para-hydroxylation sites is 1. The molecule has 0 radical (unpaired) electrons. The monoisotopic (exact) mass is 310 g/mol. The van der Waals surface area contributed by atoms with Gasteiger partial charge >= 0.3 is 0 Å². The number of nitrogens with one attached hydrogen (secondary N) is 1. The number of hydrogen-bond acceptors (Lipinski definition) is 4. The molecule has 5 heteroatoms. The number of carbonyl (C=O) groups is 1. The zero-order valence-corrected chi connectivity index (χ0v) is 12.9. The van der Waals surface area contributed by atoms with Crippen molar-refractivity contribution in [3.05, 3.63) is 59.7 Å². The molecule has 5 nitrogen and oxygen atoms in total. The minimum atomic E-state index is -0.289. The van der Waals surface area contributed by atoms with Gasteiger partial charge in [0.05, 0.1) is 17.9 Å². The maximum Gasteiger partial charge on any atom is 0.255 e. The molecular formula is C18H18N2O3. The second kappa shape index (κ2) is 8.57. The van der Waals surface area contributed by atoms with Crippen molar-refractivity contribution in [2.24, 2.45) is 0 Å². The first-order chi connectivity index (χ1) is 11.2. The highest BCUT2D eigenvalue weighted by Crippen LogP contribution is 2.17. The van der Waals surface area contributed by atoms with Gasteiger partial charge in [-0.05, 0) is 37.3 Å². The summed E-state index contributed by atoms with van der Waals surface area (Å²) in [6.45, 7) is 3.49. The average molecular weight is 310 g/mol. The Morgan fingerprint density at radius 1 is 1.17 bits per heavy atom. The summed E-state index contributed by atoms with van der Waals surface area (Å²) in [6, 6.07) is 15.8. The average Bonchev–Trinajstić information content (AvgIpc) is 2.59. The molecule has 0 aliphatic heterocycles. The van der Waals surface area contributed by atoms with Crippen molar-refractivity contribution in [2.75, 3.05) is 25.1 Å². The van der Waals surface area contributed by atoms with Gasteiger partial charge in [-0.2, -0.15) is 5.26 Å². The summed E-state index contributed by atoms with van der Waals surface area (Å²) in [7, 11) is 0. The largest absolute Gasteiger partial charge is 0.491 e. The van der Waals surface area contributed by atoms with Gasteiger partial charge < -0.3 is 14.8 Å². The minimum Gasteiger partial charge on any atom is -0.491 e. The van der Waals surface area contributed by atoms with Gasteiger partial charge in [-0.1, -0.05) is 18.2 Å². The van der Waals surface area contributed by atoms with Gasteiger partial charge in [-0.25, -0.2) is 0 Å². The van der Waals surface area contributed by atoms with Gasteiger partial charge in [-0.15, -0.1) is 0 Å². The maximum absolute atomic E-state index is 12.3. The van der Waals surface area contributed by atoms with E-state index >= 15 is 0 Å². The topological polar surface area (TPSA) is 71.3 Å². The van der Waals surface area contributed by atoms with Crippen molar-refractivity contribution in [3.63, 3.8) is 0 Å². The Kier molecular flexibility index (Phi) is 6.16. The molecule has 0 fully saturated rings. The molecule has 2 aromatic rings. The van der Waals surface area contributed by atoms with Crippen LogP contribution < -0.4 is 10.1 Å². The Balaban J connectivity index is 2.03. The van der Waals surface area contributed by atoms with Crippen LogP contribution in [-0.4, -0.2) is 25.7 Å². The Morgan fingerprint density at radius 2 is 2.00 bits per heavy atom. The lowest BCUT2D eigenvalue weighted by Crippen LogP contribution is -2.13. The summed E-state index contributed by atoms with van der Waals surface area (Å²) in [5.41, 5.74) is 1.37. The van der Waals surface area contributed by atoms with Crippen molar-refractivity contribution >= 4 is 11.6 Å². The van der Waals surface area contributed by atoms with Gasteiger partial charge in [0.25, 0.3) is 5.91 Å². The van der Waals surface area contributed by atoms with Crippen molar-refractivity contribution in [2.45, 2.75) is 6.92 Å². The van der Waals surface area contributed by atoms with Crippen molar-refractivity contribution < 1.29 is 14.3 Å². The van der Waals surface area contributed by atoms with Crippen LogP contribution in [0.25, 0.3) is 0 Å². The van der Waals surface area contributed by atoms with Crippen LogP contribution in [0, 0.1) is 11.3 Å². The zero-order valence-electron chi connectivity index (χ0n) is 12.9. The molecule has 2 aromatic carbocycles. The minimum absolute atomic E-state index is 0.289. The predicted molar refractivity (Wildman–Crippen MR) is 87.5 cm³/mol. The molecule has 1 amide bonds. The fraction of sp³-hybridized carbons (Fsp3) is 0.222. The molecule has 0 spiro atoms. The van der Waals surface area contributed by atoms with Crippen LogP contribution >= 0.6 is 0 Å². The molecule has 0 heterocycles. The number of nitrogens with zero attached hydrogens (tertiary/aromatic N) is 1. The number of nitriles is 1. The first-order valence-electron chi connectivity index (χ1n) is 7.35. The molecule has 0 aromatic heterocycles. The molecule has 118 valence electrons. The van der Waals surface area contributed by atoms with Crippen molar-refractivity contribution in [1.82, 2.24) is 0 Å². The van der Waals surface area contributed by atoms with E-state index in [1.165, 1.54) is 0 Å². The van der Waals surface area contributed by atoms with Crippen LogP contribution in [0.1, 0.15) is 22.8 Å². The number of amides is 1. The summed E-state index contributed by atoms with van der Waals surface area (Å²) < 4.78 is 10.7. The zero-order chi connectivity index (χ0) is 16.5. The molecule has 0 aliphatic rings. The molecule has 0 unspecified atom stereocenters. The van der Waals surface area contributed by atoms with Gasteiger partial charge in [0.15, 0.2) is 0 Å². The SMILES string of the molecule is CCOCCOc1cccc(C(=O)Nc2ccccc2C#N)c1. The van der Waals surface area contributed by atoms with Gasteiger partial charge in [0.2, 0.25) is 0 Å². The molecule has 2 rings (SSSR count). The lowest BCUT2D eigenvalue weighted by Gasteiger charge is -2.09. The highest BCUT2D eigenvalue weighted by atomic mass is 16.5. The van der Waals surface area contributed by atoms with E-state index in [4.69, 9.17) is 14.7 Å². The number of rotatable bonds is 7. The van der Waals surface area contributed by atoms with Crippen molar-refractivity contribution in [1.29, 1.82) is 5.26 Å². The van der Waals surface area contributed by atoms with Crippen LogP contribution in [0.3, 0.4) is 0 Å². The standard InChI is InChI=1S/C18H18N2O3/c1-2-22-10-11-23-16-8-5-7-14(12-16)18(21)20-17-9-4-3-6-15(17)13-19/h3-9,12H,2,10-11H2,1H3,(H,20,21). The molecule has 0 atom stereocenters. The summed E-state index contributed by atoms with van der Waals surface area (Å²) in [4.78, 5) is 12.3. The molecule has 0 bridgehead atoms. The lowest BCUT2D eigenvalue weighted by atomic mass is 10.1. The van der Waals surface area contributed by atoms with E-state index in [1.54, 1.807) is 48.5 Å². The second-order valence-corrected chi connectivity index (χ2v) is 4.68. The molecule has 0 aliphatic carbocycles. The van der Waals surface area contributed by atoms with Crippen LogP contribution in [-0.2, 0) is 4.74 Å². The van der Waals surface area contributed by atoms with E-state index in [1.807, 2.05) is 6.92 Å². The summed E-state index contributed by atoms with van der Waals surface area (Å²) >= 11 is 0. The van der Waals surface area contributed by atoms with Gasteiger partial charge in [-0.3, -0.25) is 4.79 Å². The number of carbonyl (C=O) groups excluding carboxylic acids is 1. The number of hydrogen-bond donors (Lipinski definition) is 1. The van der Waals surface area contributed by atoms with Crippen LogP contribution in [0.4, 0.5) is 5.69 Å². The summed E-state index contributed by atoms with van der Waals surface area (Å²) in [6.07, 6.45) is 0. The van der Waals surface area contributed by atoms with E-state index in [-0.39, 0.29) is 5.91 Å². The fourth-order valence-corrected chi connectivity index (χ4v) is 1.97. The normalized spacial score (nSPS) is 9.91.